The summed E-state index contributed by atoms with van der Waals surface area (Å²) in [4.78, 5) is 23.2. The number of hydrogen-bond donors (Lipinski definition) is 1. The number of rotatable bonds is 3. The number of fused-ring (bicyclic) bond motifs is 1. The molecule has 1 N–H and O–H groups in total. The van der Waals surface area contributed by atoms with Crippen LogP contribution in [0.3, 0.4) is 0 Å². The molecule has 5 nitrogen and oxygen atoms in total. The van der Waals surface area contributed by atoms with Crippen molar-refractivity contribution >= 4 is 39.9 Å². The van der Waals surface area contributed by atoms with Gasteiger partial charge in [0.25, 0.3) is 5.56 Å². The van der Waals surface area contributed by atoms with Crippen LogP contribution in [0.1, 0.15) is 16.3 Å². The average Bonchev–Trinajstić information content (AvgIpc) is 2.95. The van der Waals surface area contributed by atoms with Crippen LogP contribution in [-0.4, -0.2) is 15.6 Å². The van der Waals surface area contributed by atoms with Crippen molar-refractivity contribution in [2.24, 2.45) is 0 Å². The number of carboxylic acids is 1. The van der Waals surface area contributed by atoms with Gasteiger partial charge in [0, 0.05) is 17.0 Å². The zero-order chi connectivity index (χ0) is 15.9. The number of carboxylic acid groups (broad SMARTS) is 1. The van der Waals surface area contributed by atoms with Gasteiger partial charge in [0.05, 0.1) is 16.6 Å². The summed E-state index contributed by atoms with van der Waals surface area (Å²) in [6.07, 6.45) is 1.57. The van der Waals surface area contributed by atoms with Crippen molar-refractivity contribution in [3.05, 3.63) is 68.4 Å². The first-order valence-corrected chi connectivity index (χ1v) is 7.02. The Morgan fingerprint density at radius 1 is 1.14 bits per heavy atom. The average molecular weight is 338 g/mol. The first-order valence-electron chi connectivity index (χ1n) is 6.26. The molecule has 1 aromatic carbocycles. The van der Waals surface area contributed by atoms with Crippen molar-refractivity contribution in [1.82, 2.24) is 4.57 Å². The highest BCUT2D eigenvalue weighted by molar-refractivity contribution is 6.45. The van der Waals surface area contributed by atoms with E-state index in [1.54, 1.807) is 24.4 Å². The largest absolute Gasteiger partial charge is 0.475 e. The monoisotopic (exact) mass is 337 g/mol. The topological polar surface area (TPSA) is 72.4 Å². The third-order valence-corrected chi connectivity index (χ3v) is 4.06. The zero-order valence-corrected chi connectivity index (χ0v) is 12.6. The first kappa shape index (κ1) is 14.7. The van der Waals surface area contributed by atoms with Crippen molar-refractivity contribution in [1.29, 1.82) is 0 Å². The molecule has 0 saturated heterocycles. The van der Waals surface area contributed by atoms with E-state index in [4.69, 9.17) is 32.7 Å². The standard InChI is InChI=1S/C15H9Cl2NO4/c16-11-3-2-10-9(13(11)17)5-6-18(14(10)19)7-8-1-4-12(22-8)15(20)21/h1-6H,7H2,(H,20,21). The van der Waals surface area contributed by atoms with Crippen molar-refractivity contribution in [2.75, 3.05) is 0 Å². The minimum absolute atomic E-state index is 0.127. The molecule has 3 aromatic rings. The lowest BCUT2D eigenvalue weighted by molar-refractivity contribution is 0.0660. The van der Waals surface area contributed by atoms with Gasteiger partial charge in [-0.05, 0) is 30.3 Å². The Hall–Kier alpha value is -2.24. The van der Waals surface area contributed by atoms with Crippen LogP contribution in [0, 0.1) is 0 Å². The lowest BCUT2D eigenvalue weighted by atomic mass is 10.2. The maximum Gasteiger partial charge on any atom is 0.371 e. The first-order chi connectivity index (χ1) is 10.5. The molecule has 0 radical (unpaired) electrons. The van der Waals surface area contributed by atoms with E-state index in [0.29, 0.717) is 26.6 Å². The molecule has 0 amide bonds. The van der Waals surface area contributed by atoms with Gasteiger partial charge in [-0.15, -0.1) is 0 Å². The number of benzene rings is 1. The van der Waals surface area contributed by atoms with Crippen molar-refractivity contribution < 1.29 is 14.3 Å². The lowest BCUT2D eigenvalue weighted by Gasteiger charge is -2.07. The smallest absolute Gasteiger partial charge is 0.371 e. The fourth-order valence-electron chi connectivity index (χ4n) is 2.17. The summed E-state index contributed by atoms with van der Waals surface area (Å²) in [5, 5.41) is 10.5. The predicted octanol–water partition coefficient (Wildman–Crippen LogP) is 3.65. The van der Waals surface area contributed by atoms with E-state index in [1.165, 1.54) is 16.7 Å². The molecule has 0 unspecified atom stereocenters. The summed E-state index contributed by atoms with van der Waals surface area (Å²) in [6, 6.07) is 7.72. The Morgan fingerprint density at radius 3 is 2.59 bits per heavy atom. The van der Waals surface area contributed by atoms with Crippen LogP contribution in [0.2, 0.25) is 10.0 Å². The molecule has 0 fully saturated rings. The van der Waals surface area contributed by atoms with Crippen molar-refractivity contribution in [3.8, 4) is 0 Å². The van der Waals surface area contributed by atoms with Gasteiger partial charge in [-0.1, -0.05) is 23.2 Å². The van der Waals surface area contributed by atoms with Crippen LogP contribution in [-0.2, 0) is 6.54 Å². The maximum atomic E-state index is 12.4. The number of carbonyl (C=O) groups is 1. The quantitative estimate of drug-likeness (QED) is 0.791. The molecule has 0 bridgehead atoms. The zero-order valence-electron chi connectivity index (χ0n) is 11.0. The molecule has 112 valence electrons. The number of aromatic carboxylic acids is 1. The molecule has 0 aliphatic rings. The van der Waals surface area contributed by atoms with Gasteiger partial charge >= 0.3 is 5.97 Å². The predicted molar refractivity (Wildman–Crippen MR) is 83.0 cm³/mol. The summed E-state index contributed by atoms with van der Waals surface area (Å²) in [5.74, 6) is -0.948. The molecule has 0 saturated carbocycles. The number of halogens is 2. The van der Waals surface area contributed by atoms with E-state index in [9.17, 15) is 9.59 Å². The van der Waals surface area contributed by atoms with Crippen molar-refractivity contribution in [3.63, 3.8) is 0 Å². The minimum atomic E-state index is -1.15. The van der Waals surface area contributed by atoms with E-state index in [1.807, 2.05) is 0 Å². The normalized spacial score (nSPS) is 11.0. The molecule has 7 heteroatoms. The molecule has 22 heavy (non-hydrogen) atoms. The highest BCUT2D eigenvalue weighted by Gasteiger charge is 2.12. The summed E-state index contributed by atoms with van der Waals surface area (Å²) in [6.45, 7) is 0.127. The van der Waals surface area contributed by atoms with Gasteiger partial charge in [0.15, 0.2) is 0 Å². The number of pyridine rings is 1. The third-order valence-electron chi connectivity index (χ3n) is 3.24. The van der Waals surface area contributed by atoms with E-state index in [2.05, 4.69) is 0 Å². The van der Waals surface area contributed by atoms with Crippen LogP contribution in [0.25, 0.3) is 10.8 Å². The van der Waals surface area contributed by atoms with Gasteiger partial charge < -0.3 is 14.1 Å². The SMILES string of the molecule is O=C(O)c1ccc(Cn2ccc3c(Cl)c(Cl)ccc3c2=O)o1. The lowest BCUT2D eigenvalue weighted by Crippen LogP contribution is -2.19. The Bertz CT molecular complexity index is 942. The van der Waals surface area contributed by atoms with Gasteiger partial charge in [-0.25, -0.2) is 4.79 Å². The Morgan fingerprint density at radius 2 is 1.91 bits per heavy atom. The summed E-state index contributed by atoms with van der Waals surface area (Å²) >= 11 is 12.0. The Kier molecular flexibility index (Phi) is 3.68. The van der Waals surface area contributed by atoms with Gasteiger partial charge in [0.2, 0.25) is 5.76 Å². The number of aromatic nitrogens is 1. The molecule has 0 aliphatic heterocycles. The summed E-state index contributed by atoms with van der Waals surface area (Å²) in [7, 11) is 0. The second kappa shape index (κ2) is 5.51. The second-order valence-electron chi connectivity index (χ2n) is 4.64. The minimum Gasteiger partial charge on any atom is -0.475 e. The van der Waals surface area contributed by atoms with Crippen LogP contribution >= 0.6 is 23.2 Å². The number of hydrogen-bond acceptors (Lipinski definition) is 3. The second-order valence-corrected chi connectivity index (χ2v) is 5.43. The van der Waals surface area contributed by atoms with E-state index < -0.39 is 5.97 Å². The molecule has 3 rings (SSSR count). The van der Waals surface area contributed by atoms with Crippen molar-refractivity contribution in [2.45, 2.75) is 6.54 Å². The van der Waals surface area contributed by atoms with E-state index in [0.717, 1.165) is 0 Å². The number of furan rings is 1. The highest BCUT2D eigenvalue weighted by Crippen LogP contribution is 2.29. The maximum absolute atomic E-state index is 12.4. The number of nitrogens with zero attached hydrogens (tertiary/aromatic N) is 1. The molecule has 2 heterocycles. The van der Waals surface area contributed by atoms with Gasteiger partial charge in [-0.2, -0.15) is 0 Å². The van der Waals surface area contributed by atoms with Gasteiger partial charge in [-0.3, -0.25) is 4.79 Å². The Labute approximate surface area is 134 Å². The van der Waals surface area contributed by atoms with Crippen LogP contribution in [0.4, 0.5) is 0 Å². The van der Waals surface area contributed by atoms with Crippen LogP contribution in [0.15, 0.2) is 45.7 Å². The third kappa shape index (κ3) is 2.49. The van der Waals surface area contributed by atoms with Crippen LogP contribution in [0.5, 0.6) is 0 Å². The summed E-state index contributed by atoms with van der Waals surface area (Å²) < 4.78 is 6.57. The van der Waals surface area contributed by atoms with Gasteiger partial charge in [0.1, 0.15) is 5.76 Å². The molecular weight excluding hydrogens is 329 g/mol. The van der Waals surface area contributed by atoms with E-state index >= 15 is 0 Å². The molecule has 0 aliphatic carbocycles. The molecular formula is C15H9Cl2NO4. The van der Waals surface area contributed by atoms with Crippen LogP contribution < -0.4 is 5.56 Å². The molecule has 2 aromatic heterocycles. The summed E-state index contributed by atoms with van der Waals surface area (Å²) in [5.41, 5.74) is -0.260. The van der Waals surface area contributed by atoms with E-state index in [-0.39, 0.29) is 17.9 Å². The molecule has 0 spiro atoms. The fraction of sp³-hybridized carbons (Fsp3) is 0.0667. The Balaban J connectivity index is 2.04. The highest BCUT2D eigenvalue weighted by atomic mass is 35.5. The molecule has 0 atom stereocenters. The fourth-order valence-corrected chi connectivity index (χ4v) is 2.57.